The van der Waals surface area contributed by atoms with Crippen LogP contribution in [0, 0.1) is 11.3 Å². The molecule has 14 heavy (non-hydrogen) atoms. The van der Waals surface area contributed by atoms with Gasteiger partial charge in [-0.05, 0) is 30.2 Å². The number of aryl methyl sites for hydroxylation is 1. The highest BCUT2D eigenvalue weighted by molar-refractivity contribution is 7.80. The van der Waals surface area contributed by atoms with E-state index in [0.717, 1.165) is 5.56 Å². The van der Waals surface area contributed by atoms with E-state index in [1.165, 1.54) is 0 Å². The van der Waals surface area contributed by atoms with Gasteiger partial charge < -0.3 is 5.11 Å². The molecule has 1 N–H and O–H groups in total. The first-order valence-corrected chi connectivity index (χ1v) is 4.51. The topological polar surface area (TPSA) is 61.1 Å². The summed E-state index contributed by atoms with van der Waals surface area (Å²) in [5, 5.41) is 17.2. The van der Waals surface area contributed by atoms with Crippen molar-refractivity contribution in [3.8, 4) is 6.07 Å². The molecular formula is C10H9NO2S. The Morgan fingerprint density at radius 3 is 2.79 bits per heavy atom. The summed E-state index contributed by atoms with van der Waals surface area (Å²) in [4.78, 5) is 11.0. The van der Waals surface area contributed by atoms with E-state index in [1.54, 1.807) is 18.2 Å². The first-order chi connectivity index (χ1) is 6.61. The summed E-state index contributed by atoms with van der Waals surface area (Å²) < 4.78 is 0. The first kappa shape index (κ1) is 10.6. The lowest BCUT2D eigenvalue weighted by molar-refractivity contribution is -0.136. The Bertz CT molecular complexity index is 396. The third-order valence-corrected chi connectivity index (χ3v) is 1.99. The molecule has 4 heteroatoms. The number of thiol groups is 1. The quantitative estimate of drug-likeness (QED) is 0.744. The number of benzene rings is 1. The SMILES string of the molecule is N#Cc1cc(S)cc(CCC(=O)O)c1. The minimum absolute atomic E-state index is 0.0715. The molecule has 1 aromatic rings. The zero-order valence-electron chi connectivity index (χ0n) is 7.40. The van der Waals surface area contributed by atoms with Gasteiger partial charge in [0.2, 0.25) is 0 Å². The van der Waals surface area contributed by atoms with Gasteiger partial charge in [0.15, 0.2) is 0 Å². The molecule has 0 unspecified atom stereocenters. The van der Waals surface area contributed by atoms with Crippen LogP contribution in [0.4, 0.5) is 0 Å². The number of hydrogen-bond donors (Lipinski definition) is 2. The fourth-order valence-corrected chi connectivity index (χ4v) is 1.44. The summed E-state index contributed by atoms with van der Waals surface area (Å²) >= 11 is 4.12. The van der Waals surface area contributed by atoms with E-state index in [9.17, 15) is 4.79 Å². The number of carbonyl (C=O) groups is 1. The fraction of sp³-hybridized carbons (Fsp3) is 0.200. The van der Waals surface area contributed by atoms with Crippen LogP contribution in [0.1, 0.15) is 17.5 Å². The molecule has 1 aromatic carbocycles. The van der Waals surface area contributed by atoms with E-state index in [-0.39, 0.29) is 6.42 Å². The normalized spacial score (nSPS) is 9.43. The molecule has 0 aliphatic carbocycles. The lowest BCUT2D eigenvalue weighted by Crippen LogP contribution is -1.97. The van der Waals surface area contributed by atoms with Gasteiger partial charge in [0.25, 0.3) is 0 Å². The molecule has 0 radical (unpaired) electrons. The monoisotopic (exact) mass is 207 g/mol. The highest BCUT2D eigenvalue weighted by Crippen LogP contribution is 2.14. The van der Waals surface area contributed by atoms with Crippen LogP contribution in [0.3, 0.4) is 0 Å². The van der Waals surface area contributed by atoms with Crippen LogP contribution in [0.2, 0.25) is 0 Å². The second kappa shape index (κ2) is 4.68. The highest BCUT2D eigenvalue weighted by Gasteiger charge is 2.01. The molecule has 0 atom stereocenters. The van der Waals surface area contributed by atoms with Gasteiger partial charge in [-0.2, -0.15) is 5.26 Å². The van der Waals surface area contributed by atoms with Crippen molar-refractivity contribution in [1.82, 2.24) is 0 Å². The van der Waals surface area contributed by atoms with Gasteiger partial charge in [-0.15, -0.1) is 12.6 Å². The molecular weight excluding hydrogens is 198 g/mol. The smallest absolute Gasteiger partial charge is 0.303 e. The number of nitriles is 1. The Morgan fingerprint density at radius 2 is 2.21 bits per heavy atom. The van der Waals surface area contributed by atoms with Gasteiger partial charge in [-0.3, -0.25) is 4.79 Å². The maximum absolute atomic E-state index is 10.3. The van der Waals surface area contributed by atoms with Crippen molar-refractivity contribution in [2.24, 2.45) is 0 Å². The van der Waals surface area contributed by atoms with Crippen LogP contribution in [0.25, 0.3) is 0 Å². The predicted molar refractivity (Wildman–Crippen MR) is 54.4 cm³/mol. The Balaban J connectivity index is 2.82. The van der Waals surface area contributed by atoms with Crippen molar-refractivity contribution in [3.05, 3.63) is 29.3 Å². The van der Waals surface area contributed by atoms with Crippen molar-refractivity contribution < 1.29 is 9.90 Å². The van der Waals surface area contributed by atoms with Gasteiger partial charge in [0.1, 0.15) is 0 Å². The summed E-state index contributed by atoms with van der Waals surface area (Å²) in [6.07, 6.45) is 0.501. The zero-order valence-corrected chi connectivity index (χ0v) is 8.29. The van der Waals surface area contributed by atoms with Gasteiger partial charge >= 0.3 is 5.97 Å². The Labute approximate surface area is 87.4 Å². The van der Waals surface area contributed by atoms with Crippen LogP contribution < -0.4 is 0 Å². The van der Waals surface area contributed by atoms with Crippen molar-refractivity contribution >= 4 is 18.6 Å². The minimum atomic E-state index is -0.840. The molecule has 0 aliphatic rings. The van der Waals surface area contributed by atoms with Crippen molar-refractivity contribution in [2.75, 3.05) is 0 Å². The molecule has 0 fully saturated rings. The molecule has 3 nitrogen and oxygen atoms in total. The van der Waals surface area contributed by atoms with Crippen LogP contribution in [0.5, 0.6) is 0 Å². The molecule has 0 aliphatic heterocycles. The zero-order chi connectivity index (χ0) is 10.6. The third kappa shape index (κ3) is 3.11. The number of nitrogens with zero attached hydrogens (tertiary/aromatic N) is 1. The van der Waals surface area contributed by atoms with Crippen molar-refractivity contribution in [1.29, 1.82) is 5.26 Å². The maximum atomic E-state index is 10.3. The second-order valence-electron chi connectivity index (χ2n) is 2.89. The molecule has 0 aromatic heterocycles. The summed E-state index contributed by atoms with van der Waals surface area (Å²) in [5.41, 5.74) is 1.34. The average Bonchev–Trinajstić information content (AvgIpc) is 2.14. The van der Waals surface area contributed by atoms with E-state index in [2.05, 4.69) is 12.6 Å². The summed E-state index contributed by atoms with van der Waals surface area (Å²) in [6.45, 7) is 0. The minimum Gasteiger partial charge on any atom is -0.481 e. The molecule has 0 spiro atoms. The molecule has 1 rings (SSSR count). The van der Waals surface area contributed by atoms with Crippen LogP contribution >= 0.6 is 12.6 Å². The van der Waals surface area contributed by atoms with E-state index in [0.29, 0.717) is 16.9 Å². The standard InChI is InChI=1S/C10H9NO2S/c11-6-8-3-7(1-2-10(12)13)4-9(14)5-8/h3-5,14H,1-2H2,(H,12,13). The molecule has 0 saturated carbocycles. The number of carboxylic acids is 1. The molecule has 0 saturated heterocycles. The van der Waals surface area contributed by atoms with Gasteiger partial charge in [0, 0.05) is 11.3 Å². The Morgan fingerprint density at radius 1 is 1.50 bits per heavy atom. The number of hydrogen-bond acceptors (Lipinski definition) is 3. The summed E-state index contributed by atoms with van der Waals surface area (Å²) in [6, 6.07) is 7.10. The van der Waals surface area contributed by atoms with Gasteiger partial charge in [-0.25, -0.2) is 0 Å². The summed E-state index contributed by atoms with van der Waals surface area (Å²) in [5.74, 6) is -0.840. The molecule has 0 heterocycles. The van der Waals surface area contributed by atoms with Gasteiger partial charge in [-0.1, -0.05) is 0 Å². The third-order valence-electron chi connectivity index (χ3n) is 1.73. The first-order valence-electron chi connectivity index (χ1n) is 4.06. The van der Waals surface area contributed by atoms with Crippen LogP contribution in [-0.2, 0) is 11.2 Å². The number of carboxylic acid groups (broad SMARTS) is 1. The number of rotatable bonds is 3. The molecule has 0 bridgehead atoms. The Hall–Kier alpha value is -1.47. The largest absolute Gasteiger partial charge is 0.481 e. The van der Waals surface area contributed by atoms with E-state index in [1.807, 2.05) is 6.07 Å². The molecule has 72 valence electrons. The average molecular weight is 207 g/mol. The van der Waals surface area contributed by atoms with E-state index >= 15 is 0 Å². The lowest BCUT2D eigenvalue weighted by atomic mass is 10.1. The molecule has 0 amide bonds. The van der Waals surface area contributed by atoms with Crippen molar-refractivity contribution in [3.63, 3.8) is 0 Å². The summed E-state index contributed by atoms with van der Waals surface area (Å²) in [7, 11) is 0. The van der Waals surface area contributed by atoms with Crippen LogP contribution in [0.15, 0.2) is 23.1 Å². The van der Waals surface area contributed by atoms with Crippen LogP contribution in [-0.4, -0.2) is 11.1 Å². The predicted octanol–water partition coefficient (Wildman–Crippen LogP) is 1.86. The van der Waals surface area contributed by atoms with Crippen molar-refractivity contribution in [2.45, 2.75) is 17.7 Å². The fourth-order valence-electron chi connectivity index (χ4n) is 1.13. The van der Waals surface area contributed by atoms with E-state index < -0.39 is 5.97 Å². The lowest BCUT2D eigenvalue weighted by Gasteiger charge is -2.00. The Kier molecular flexibility index (Phi) is 3.55. The second-order valence-corrected chi connectivity index (χ2v) is 3.41. The number of aliphatic carboxylic acids is 1. The maximum Gasteiger partial charge on any atom is 0.303 e. The highest BCUT2D eigenvalue weighted by atomic mass is 32.1. The van der Waals surface area contributed by atoms with Gasteiger partial charge in [0.05, 0.1) is 11.6 Å². The van der Waals surface area contributed by atoms with E-state index in [4.69, 9.17) is 10.4 Å².